The summed E-state index contributed by atoms with van der Waals surface area (Å²) in [6.07, 6.45) is 2.95. The number of aromatic hydroxyl groups is 1. The summed E-state index contributed by atoms with van der Waals surface area (Å²) in [6, 6.07) is 4.57. The van der Waals surface area contributed by atoms with Gasteiger partial charge in [-0.15, -0.1) is 0 Å². The summed E-state index contributed by atoms with van der Waals surface area (Å²) in [5, 5.41) is 9.77. The molecule has 1 fully saturated rings. The first-order chi connectivity index (χ1) is 8.93. The van der Waals surface area contributed by atoms with Gasteiger partial charge in [0.05, 0.1) is 4.90 Å². The lowest BCUT2D eigenvalue weighted by Gasteiger charge is -2.26. The van der Waals surface area contributed by atoms with Gasteiger partial charge in [0, 0.05) is 13.1 Å². The molecule has 5 heteroatoms. The fraction of sp³-hybridized carbons (Fsp3) is 0.571. The van der Waals surface area contributed by atoms with Crippen LogP contribution in [-0.4, -0.2) is 30.9 Å². The molecule has 0 aliphatic carbocycles. The first-order valence-electron chi connectivity index (χ1n) is 6.76. The van der Waals surface area contributed by atoms with Crippen LogP contribution >= 0.6 is 0 Å². The Hall–Kier alpha value is -1.07. The van der Waals surface area contributed by atoms with E-state index in [9.17, 15) is 13.5 Å². The van der Waals surface area contributed by atoms with Gasteiger partial charge < -0.3 is 5.11 Å². The van der Waals surface area contributed by atoms with Crippen molar-refractivity contribution < 1.29 is 13.5 Å². The summed E-state index contributed by atoms with van der Waals surface area (Å²) in [4.78, 5) is 0.288. The van der Waals surface area contributed by atoms with Crippen molar-refractivity contribution in [1.29, 1.82) is 0 Å². The summed E-state index contributed by atoms with van der Waals surface area (Å²) in [6.45, 7) is 5.07. The Bertz CT molecular complexity index is 546. The van der Waals surface area contributed by atoms with E-state index in [-0.39, 0.29) is 16.6 Å². The Kier molecular flexibility index (Phi) is 4.16. The summed E-state index contributed by atoms with van der Waals surface area (Å²) >= 11 is 0. The Balaban J connectivity index is 2.37. The molecule has 106 valence electrons. The maximum absolute atomic E-state index is 12.5. The maximum Gasteiger partial charge on any atom is 0.243 e. The van der Waals surface area contributed by atoms with Crippen LogP contribution in [0.25, 0.3) is 0 Å². The quantitative estimate of drug-likeness (QED) is 0.928. The minimum absolute atomic E-state index is 0.0940. The number of benzene rings is 1. The van der Waals surface area contributed by atoms with Crippen LogP contribution in [0, 0.1) is 0 Å². The highest BCUT2D eigenvalue weighted by Gasteiger charge is 2.26. The van der Waals surface area contributed by atoms with E-state index in [1.54, 1.807) is 10.4 Å². The Labute approximate surface area is 115 Å². The molecule has 0 aromatic heterocycles. The molecule has 0 saturated carbocycles. The Morgan fingerprint density at radius 1 is 1.16 bits per heavy atom. The highest BCUT2D eigenvalue weighted by molar-refractivity contribution is 7.89. The van der Waals surface area contributed by atoms with E-state index in [1.807, 2.05) is 13.8 Å². The van der Waals surface area contributed by atoms with Crippen LogP contribution in [0.3, 0.4) is 0 Å². The highest BCUT2D eigenvalue weighted by atomic mass is 32.2. The van der Waals surface area contributed by atoms with Gasteiger partial charge in [-0.25, -0.2) is 8.42 Å². The first-order valence-corrected chi connectivity index (χ1v) is 8.20. The average Bonchev–Trinajstić information content (AvgIpc) is 2.39. The van der Waals surface area contributed by atoms with Crippen molar-refractivity contribution in [1.82, 2.24) is 4.31 Å². The minimum Gasteiger partial charge on any atom is -0.508 e. The smallest absolute Gasteiger partial charge is 0.243 e. The fourth-order valence-electron chi connectivity index (χ4n) is 2.41. The number of hydrogen-bond donors (Lipinski definition) is 1. The molecule has 19 heavy (non-hydrogen) atoms. The molecule has 0 amide bonds. The van der Waals surface area contributed by atoms with Crippen LogP contribution in [0.5, 0.6) is 5.75 Å². The van der Waals surface area contributed by atoms with E-state index in [0.717, 1.165) is 19.3 Å². The zero-order chi connectivity index (χ0) is 14.0. The van der Waals surface area contributed by atoms with Crippen molar-refractivity contribution in [3.05, 3.63) is 23.8 Å². The van der Waals surface area contributed by atoms with Crippen LogP contribution in [-0.2, 0) is 10.0 Å². The van der Waals surface area contributed by atoms with E-state index in [0.29, 0.717) is 18.7 Å². The van der Waals surface area contributed by atoms with Crippen molar-refractivity contribution in [3.8, 4) is 5.75 Å². The summed E-state index contributed by atoms with van der Waals surface area (Å²) in [5.41, 5.74) is 0.679. The standard InChI is InChI=1S/C14H21NO3S/c1-11(2)13-10-12(6-7-14(13)16)19(17,18)15-8-4-3-5-9-15/h6-7,10-11,16H,3-5,8-9H2,1-2H3. The van der Waals surface area contributed by atoms with Gasteiger partial charge in [-0.3, -0.25) is 0 Å². The van der Waals surface area contributed by atoms with Crippen molar-refractivity contribution in [3.63, 3.8) is 0 Å². The number of phenolic OH excluding ortho intramolecular Hbond substituents is 1. The molecule has 1 N–H and O–H groups in total. The molecule has 0 spiro atoms. The van der Waals surface area contributed by atoms with Gasteiger partial charge in [-0.1, -0.05) is 20.3 Å². The van der Waals surface area contributed by atoms with Gasteiger partial charge in [-0.2, -0.15) is 4.31 Å². The first kappa shape index (κ1) is 14.3. The number of phenols is 1. The van der Waals surface area contributed by atoms with E-state index >= 15 is 0 Å². The number of piperidine rings is 1. The molecule has 0 unspecified atom stereocenters. The molecule has 1 aliphatic rings. The van der Waals surface area contributed by atoms with Crippen LogP contribution in [0.1, 0.15) is 44.6 Å². The Morgan fingerprint density at radius 2 is 1.79 bits per heavy atom. The van der Waals surface area contributed by atoms with E-state index in [1.165, 1.54) is 12.1 Å². The predicted molar refractivity (Wildman–Crippen MR) is 74.8 cm³/mol. The molecule has 0 bridgehead atoms. The zero-order valence-electron chi connectivity index (χ0n) is 11.5. The van der Waals surface area contributed by atoms with Crippen LogP contribution < -0.4 is 0 Å². The monoisotopic (exact) mass is 283 g/mol. The average molecular weight is 283 g/mol. The van der Waals surface area contributed by atoms with Crippen LogP contribution in [0.15, 0.2) is 23.1 Å². The molecular formula is C14H21NO3S. The molecule has 1 aromatic rings. The summed E-state index contributed by atoms with van der Waals surface area (Å²) < 4.78 is 26.6. The predicted octanol–water partition coefficient (Wildman–Crippen LogP) is 2.69. The SMILES string of the molecule is CC(C)c1cc(S(=O)(=O)N2CCCCC2)ccc1O. The van der Waals surface area contributed by atoms with Crippen molar-refractivity contribution in [2.75, 3.05) is 13.1 Å². The molecular weight excluding hydrogens is 262 g/mol. The second kappa shape index (κ2) is 5.51. The fourth-order valence-corrected chi connectivity index (χ4v) is 3.96. The van der Waals surface area contributed by atoms with E-state index in [4.69, 9.17) is 0 Å². The lowest BCUT2D eigenvalue weighted by atomic mass is 10.0. The van der Waals surface area contributed by atoms with Crippen molar-refractivity contribution in [2.24, 2.45) is 0 Å². The van der Waals surface area contributed by atoms with Crippen LogP contribution in [0.2, 0.25) is 0 Å². The number of nitrogens with zero attached hydrogens (tertiary/aromatic N) is 1. The van der Waals surface area contributed by atoms with Gasteiger partial charge in [0.15, 0.2) is 0 Å². The van der Waals surface area contributed by atoms with Gasteiger partial charge in [0.1, 0.15) is 5.75 Å². The molecule has 1 aliphatic heterocycles. The molecule has 1 heterocycles. The molecule has 2 rings (SSSR count). The van der Waals surface area contributed by atoms with Gasteiger partial charge in [-0.05, 0) is 42.5 Å². The second-order valence-electron chi connectivity index (χ2n) is 5.34. The molecule has 1 aromatic carbocycles. The zero-order valence-corrected chi connectivity index (χ0v) is 12.3. The third-order valence-electron chi connectivity index (χ3n) is 3.57. The summed E-state index contributed by atoms with van der Waals surface area (Å²) in [7, 11) is -3.41. The van der Waals surface area contributed by atoms with Gasteiger partial charge >= 0.3 is 0 Å². The Morgan fingerprint density at radius 3 is 2.37 bits per heavy atom. The topological polar surface area (TPSA) is 57.6 Å². The summed E-state index contributed by atoms with van der Waals surface area (Å²) in [5.74, 6) is 0.254. The maximum atomic E-state index is 12.5. The van der Waals surface area contributed by atoms with Gasteiger partial charge in [0.25, 0.3) is 0 Å². The van der Waals surface area contributed by atoms with Gasteiger partial charge in [0.2, 0.25) is 10.0 Å². The lowest BCUT2D eigenvalue weighted by Crippen LogP contribution is -2.35. The molecule has 0 atom stereocenters. The normalized spacial score (nSPS) is 17.8. The molecule has 4 nitrogen and oxygen atoms in total. The minimum atomic E-state index is -3.41. The molecule has 0 radical (unpaired) electrons. The number of hydrogen-bond acceptors (Lipinski definition) is 3. The lowest BCUT2D eigenvalue weighted by molar-refractivity contribution is 0.346. The van der Waals surface area contributed by atoms with E-state index < -0.39 is 10.0 Å². The van der Waals surface area contributed by atoms with Crippen molar-refractivity contribution in [2.45, 2.75) is 43.9 Å². The van der Waals surface area contributed by atoms with E-state index in [2.05, 4.69) is 0 Å². The second-order valence-corrected chi connectivity index (χ2v) is 7.28. The van der Waals surface area contributed by atoms with Crippen LogP contribution in [0.4, 0.5) is 0 Å². The molecule has 1 saturated heterocycles. The number of rotatable bonds is 3. The number of sulfonamides is 1. The largest absolute Gasteiger partial charge is 0.508 e. The van der Waals surface area contributed by atoms with Crippen molar-refractivity contribution >= 4 is 10.0 Å². The third kappa shape index (κ3) is 2.92. The third-order valence-corrected chi connectivity index (χ3v) is 5.47. The highest BCUT2D eigenvalue weighted by Crippen LogP contribution is 2.29.